The Hall–Kier alpha value is -2.75. The highest BCUT2D eigenvalue weighted by molar-refractivity contribution is 5.69. The minimum Gasteiger partial charge on any atom is -0.324 e. The van der Waals surface area contributed by atoms with E-state index in [1.165, 1.54) is 28.8 Å². The predicted molar refractivity (Wildman–Crippen MR) is 89.2 cm³/mol. The molecule has 0 bridgehead atoms. The summed E-state index contributed by atoms with van der Waals surface area (Å²) in [6, 6.07) is 14.6. The summed E-state index contributed by atoms with van der Waals surface area (Å²) in [6.07, 6.45) is 5.06. The zero-order valence-corrected chi connectivity index (χ0v) is 12.6. The van der Waals surface area contributed by atoms with Crippen LogP contribution in [0.15, 0.2) is 54.7 Å². The van der Waals surface area contributed by atoms with E-state index in [1.807, 2.05) is 12.3 Å². The third-order valence-electron chi connectivity index (χ3n) is 4.13. The number of nitrogens with one attached hydrogen (secondary N) is 1. The highest BCUT2D eigenvalue weighted by atomic mass is 19.1. The van der Waals surface area contributed by atoms with Crippen molar-refractivity contribution in [2.24, 2.45) is 0 Å². The number of benzene rings is 2. The number of aromatic nitrogens is 2. The molecule has 3 nitrogen and oxygen atoms in total. The summed E-state index contributed by atoms with van der Waals surface area (Å²) in [6.45, 7) is 0. The Kier molecular flexibility index (Phi) is 3.50. The number of hydrogen-bond acceptors (Lipinski definition) is 3. The normalized spacial score (nSPS) is 12.9. The number of hydrogen-bond donors (Lipinski definition) is 1. The molecule has 2 aromatic carbocycles. The molecule has 0 amide bonds. The monoisotopic (exact) mass is 305 g/mol. The summed E-state index contributed by atoms with van der Waals surface area (Å²) < 4.78 is 13.0. The van der Waals surface area contributed by atoms with Gasteiger partial charge in [0.05, 0.1) is 5.69 Å². The number of nitrogens with zero attached hydrogens (tertiary/aromatic N) is 2. The van der Waals surface area contributed by atoms with Crippen molar-refractivity contribution < 1.29 is 4.39 Å². The van der Waals surface area contributed by atoms with Gasteiger partial charge >= 0.3 is 0 Å². The molecule has 0 spiro atoms. The SMILES string of the molecule is Fc1ccc(Nc2ncc3c(n2)-c2ccccc2CCC3)cc1. The van der Waals surface area contributed by atoms with E-state index in [0.717, 1.165) is 30.6 Å². The number of anilines is 2. The van der Waals surface area contributed by atoms with E-state index in [-0.39, 0.29) is 5.82 Å². The zero-order chi connectivity index (χ0) is 15.6. The van der Waals surface area contributed by atoms with Gasteiger partial charge in [-0.2, -0.15) is 0 Å². The van der Waals surface area contributed by atoms with Crippen LogP contribution >= 0.6 is 0 Å². The molecule has 0 aliphatic heterocycles. The Morgan fingerprint density at radius 2 is 1.70 bits per heavy atom. The van der Waals surface area contributed by atoms with Crippen molar-refractivity contribution in [2.45, 2.75) is 19.3 Å². The molecule has 0 unspecified atom stereocenters. The number of aryl methyl sites for hydroxylation is 2. The van der Waals surface area contributed by atoms with Gasteiger partial charge in [-0.25, -0.2) is 14.4 Å². The quantitative estimate of drug-likeness (QED) is 0.756. The summed E-state index contributed by atoms with van der Waals surface area (Å²) in [7, 11) is 0. The summed E-state index contributed by atoms with van der Waals surface area (Å²) in [5.41, 5.74) is 5.47. The van der Waals surface area contributed by atoms with Gasteiger partial charge in [0.1, 0.15) is 5.82 Å². The van der Waals surface area contributed by atoms with Gasteiger partial charge in [-0.05, 0) is 54.7 Å². The lowest BCUT2D eigenvalue weighted by atomic mass is 10.0. The molecule has 1 N–H and O–H groups in total. The van der Waals surface area contributed by atoms with Crippen LogP contribution in [-0.4, -0.2) is 9.97 Å². The van der Waals surface area contributed by atoms with E-state index in [2.05, 4.69) is 28.5 Å². The maximum atomic E-state index is 13.0. The fraction of sp³-hybridized carbons (Fsp3) is 0.158. The first-order chi connectivity index (χ1) is 11.3. The molecule has 0 radical (unpaired) electrons. The molecule has 3 aromatic rings. The Bertz CT molecular complexity index is 843. The van der Waals surface area contributed by atoms with Crippen LogP contribution in [0.4, 0.5) is 16.0 Å². The second-order valence-electron chi connectivity index (χ2n) is 5.71. The van der Waals surface area contributed by atoms with Crippen LogP contribution in [-0.2, 0) is 12.8 Å². The van der Waals surface area contributed by atoms with E-state index in [0.29, 0.717) is 5.95 Å². The Balaban J connectivity index is 1.73. The average Bonchev–Trinajstić information content (AvgIpc) is 2.76. The van der Waals surface area contributed by atoms with Crippen LogP contribution in [0.2, 0.25) is 0 Å². The van der Waals surface area contributed by atoms with Crippen LogP contribution in [0, 0.1) is 5.82 Å². The first-order valence-electron chi connectivity index (χ1n) is 7.76. The van der Waals surface area contributed by atoms with Crippen LogP contribution in [0.1, 0.15) is 17.5 Å². The lowest BCUT2D eigenvalue weighted by Crippen LogP contribution is -2.01. The highest BCUT2D eigenvalue weighted by Crippen LogP contribution is 2.31. The lowest BCUT2D eigenvalue weighted by molar-refractivity contribution is 0.628. The minimum atomic E-state index is -0.257. The standard InChI is InChI=1S/C19H16FN3/c20-15-8-10-16(11-9-15)22-19-21-12-14-6-3-5-13-4-1-2-7-17(13)18(14)23-19/h1-2,4,7-12H,3,5-6H2,(H,21,22,23). The van der Waals surface area contributed by atoms with Gasteiger partial charge in [0.15, 0.2) is 0 Å². The van der Waals surface area contributed by atoms with Crippen molar-refractivity contribution in [2.75, 3.05) is 5.32 Å². The first kappa shape index (κ1) is 13.9. The van der Waals surface area contributed by atoms with E-state index in [4.69, 9.17) is 4.98 Å². The molecule has 4 heteroatoms. The van der Waals surface area contributed by atoms with Crippen LogP contribution in [0.5, 0.6) is 0 Å². The van der Waals surface area contributed by atoms with Gasteiger partial charge in [-0.15, -0.1) is 0 Å². The van der Waals surface area contributed by atoms with Gasteiger partial charge in [0.2, 0.25) is 5.95 Å². The topological polar surface area (TPSA) is 37.8 Å². The molecular weight excluding hydrogens is 289 g/mol. The van der Waals surface area contributed by atoms with Gasteiger partial charge < -0.3 is 5.32 Å². The molecule has 0 saturated heterocycles. The smallest absolute Gasteiger partial charge is 0.227 e. The highest BCUT2D eigenvalue weighted by Gasteiger charge is 2.16. The Morgan fingerprint density at radius 1 is 0.913 bits per heavy atom. The van der Waals surface area contributed by atoms with Crippen LogP contribution in [0.3, 0.4) is 0 Å². The van der Waals surface area contributed by atoms with Gasteiger partial charge in [-0.3, -0.25) is 0 Å². The van der Waals surface area contributed by atoms with Gasteiger partial charge in [-0.1, -0.05) is 24.3 Å². The van der Waals surface area contributed by atoms with Gasteiger partial charge in [0.25, 0.3) is 0 Å². The largest absolute Gasteiger partial charge is 0.324 e. The lowest BCUT2D eigenvalue weighted by Gasteiger charge is -2.11. The minimum absolute atomic E-state index is 0.257. The maximum absolute atomic E-state index is 13.0. The third-order valence-corrected chi connectivity index (χ3v) is 4.13. The van der Waals surface area contributed by atoms with Crippen molar-refractivity contribution in [3.63, 3.8) is 0 Å². The van der Waals surface area contributed by atoms with Crippen LogP contribution in [0.25, 0.3) is 11.3 Å². The number of halogens is 1. The molecule has 114 valence electrons. The van der Waals surface area contributed by atoms with E-state index in [9.17, 15) is 4.39 Å². The molecule has 1 aliphatic rings. The summed E-state index contributed by atoms with van der Waals surface area (Å²) in [5, 5.41) is 3.14. The van der Waals surface area contributed by atoms with Crippen molar-refractivity contribution in [1.29, 1.82) is 0 Å². The number of fused-ring (bicyclic) bond motifs is 3. The summed E-state index contributed by atoms with van der Waals surface area (Å²) in [5.74, 6) is 0.277. The molecule has 1 heterocycles. The molecule has 1 aromatic heterocycles. The average molecular weight is 305 g/mol. The molecule has 0 saturated carbocycles. The molecule has 1 aliphatic carbocycles. The zero-order valence-electron chi connectivity index (χ0n) is 12.6. The summed E-state index contributed by atoms with van der Waals surface area (Å²) >= 11 is 0. The van der Waals surface area contributed by atoms with Crippen LogP contribution < -0.4 is 5.32 Å². The maximum Gasteiger partial charge on any atom is 0.227 e. The van der Waals surface area contributed by atoms with Gasteiger partial charge in [0, 0.05) is 17.4 Å². The number of rotatable bonds is 2. The van der Waals surface area contributed by atoms with Crippen molar-refractivity contribution in [3.05, 3.63) is 71.7 Å². The van der Waals surface area contributed by atoms with E-state index >= 15 is 0 Å². The third kappa shape index (κ3) is 2.80. The summed E-state index contributed by atoms with van der Waals surface area (Å²) in [4.78, 5) is 9.12. The van der Waals surface area contributed by atoms with E-state index in [1.54, 1.807) is 12.1 Å². The Labute approximate surface area is 134 Å². The Morgan fingerprint density at radius 3 is 2.57 bits per heavy atom. The molecule has 23 heavy (non-hydrogen) atoms. The van der Waals surface area contributed by atoms with E-state index < -0.39 is 0 Å². The van der Waals surface area contributed by atoms with Crippen molar-refractivity contribution >= 4 is 11.6 Å². The molecule has 0 fully saturated rings. The second-order valence-corrected chi connectivity index (χ2v) is 5.71. The fourth-order valence-corrected chi connectivity index (χ4v) is 2.98. The molecule has 0 atom stereocenters. The van der Waals surface area contributed by atoms with Crippen molar-refractivity contribution in [3.8, 4) is 11.3 Å². The fourth-order valence-electron chi connectivity index (χ4n) is 2.98. The first-order valence-corrected chi connectivity index (χ1v) is 7.76. The van der Waals surface area contributed by atoms with Crippen molar-refractivity contribution in [1.82, 2.24) is 9.97 Å². The predicted octanol–water partition coefficient (Wildman–Crippen LogP) is 4.52. The molecule has 4 rings (SSSR count). The molecular formula is C19H16FN3. The second kappa shape index (κ2) is 5.80.